The summed E-state index contributed by atoms with van der Waals surface area (Å²) in [5, 5.41) is 0. The van der Waals surface area contributed by atoms with Crippen molar-refractivity contribution < 1.29 is 13.6 Å². The molecule has 1 aromatic heterocycles. The van der Waals surface area contributed by atoms with Crippen molar-refractivity contribution in [1.29, 1.82) is 0 Å². The van der Waals surface area contributed by atoms with E-state index >= 15 is 0 Å². The van der Waals surface area contributed by atoms with Gasteiger partial charge in [0.05, 0.1) is 17.4 Å². The molecule has 4 nitrogen and oxygen atoms in total. The molecular formula is C26H27F2N3O. The van der Waals surface area contributed by atoms with E-state index in [9.17, 15) is 13.6 Å². The average Bonchev–Trinajstić information content (AvgIpc) is 3.30. The molecular weight excluding hydrogens is 408 g/mol. The predicted molar refractivity (Wildman–Crippen MR) is 121 cm³/mol. The van der Waals surface area contributed by atoms with Crippen LogP contribution in [-0.4, -0.2) is 35.9 Å². The average molecular weight is 436 g/mol. The summed E-state index contributed by atoms with van der Waals surface area (Å²) >= 11 is 0. The molecule has 2 aromatic carbocycles. The molecule has 0 bridgehead atoms. The number of amides is 1. The van der Waals surface area contributed by atoms with Crippen molar-refractivity contribution >= 4 is 11.6 Å². The lowest BCUT2D eigenvalue weighted by atomic mass is 10.0. The van der Waals surface area contributed by atoms with Gasteiger partial charge in [0.1, 0.15) is 11.6 Å². The second kappa shape index (κ2) is 9.90. The number of halogens is 2. The molecule has 1 amide bonds. The minimum Gasteiger partial charge on any atom is -0.372 e. The van der Waals surface area contributed by atoms with Crippen LogP contribution in [-0.2, 0) is 11.2 Å². The smallest absolute Gasteiger partial charge is 0.224 e. The summed E-state index contributed by atoms with van der Waals surface area (Å²) in [6.45, 7) is 1.17. The molecule has 0 saturated carbocycles. The summed E-state index contributed by atoms with van der Waals surface area (Å²) in [7, 11) is 1.80. The zero-order valence-electron chi connectivity index (χ0n) is 18.2. The van der Waals surface area contributed by atoms with Crippen LogP contribution >= 0.6 is 0 Å². The fraction of sp³-hybridized carbons (Fsp3) is 0.308. The zero-order chi connectivity index (χ0) is 22.5. The number of benzene rings is 2. The SMILES string of the molecule is CN(CCC(=O)N1CCC[C@@H]1c1ccc(Cc2ccc(F)cc2)cn1)c1ccccc1F. The van der Waals surface area contributed by atoms with Crippen molar-refractivity contribution in [3.8, 4) is 0 Å². The minimum absolute atomic E-state index is 0.0267. The van der Waals surface area contributed by atoms with Crippen LogP contribution in [0.3, 0.4) is 0 Å². The van der Waals surface area contributed by atoms with Gasteiger partial charge in [-0.2, -0.15) is 0 Å². The Morgan fingerprint density at radius 3 is 2.53 bits per heavy atom. The molecule has 32 heavy (non-hydrogen) atoms. The predicted octanol–water partition coefficient (Wildman–Crippen LogP) is 5.14. The van der Waals surface area contributed by atoms with Crippen LogP contribution in [0.4, 0.5) is 14.5 Å². The van der Waals surface area contributed by atoms with Crippen LogP contribution in [0.2, 0.25) is 0 Å². The standard InChI is InChI=1S/C26H27F2N3O/c1-30(24-6-3-2-5-22(24)28)16-14-26(32)31-15-4-7-25(31)23-13-10-20(18-29-23)17-19-8-11-21(27)12-9-19/h2-3,5-6,8-13,18,25H,4,7,14-17H2,1H3/t25-/m1/s1. The van der Waals surface area contributed by atoms with Gasteiger partial charge in [-0.05, 0) is 60.7 Å². The Bertz CT molecular complexity index is 1050. The van der Waals surface area contributed by atoms with Gasteiger partial charge in [-0.3, -0.25) is 9.78 Å². The normalized spacial score (nSPS) is 15.7. The van der Waals surface area contributed by atoms with Crippen molar-refractivity contribution in [2.24, 2.45) is 0 Å². The summed E-state index contributed by atoms with van der Waals surface area (Å²) in [5.41, 5.74) is 3.46. The monoisotopic (exact) mass is 435 g/mol. The Balaban J connectivity index is 1.36. The van der Waals surface area contributed by atoms with Crippen molar-refractivity contribution in [2.45, 2.75) is 31.7 Å². The Morgan fingerprint density at radius 2 is 1.81 bits per heavy atom. The highest BCUT2D eigenvalue weighted by Crippen LogP contribution is 2.31. The third-order valence-electron chi connectivity index (χ3n) is 6.01. The number of carbonyl (C=O) groups excluding carboxylic acids is 1. The largest absolute Gasteiger partial charge is 0.372 e. The van der Waals surface area contributed by atoms with E-state index in [0.29, 0.717) is 31.6 Å². The molecule has 0 radical (unpaired) electrons. The van der Waals surface area contributed by atoms with Gasteiger partial charge in [0, 0.05) is 32.8 Å². The number of hydrogen-bond donors (Lipinski definition) is 0. The third kappa shape index (κ3) is 5.13. The van der Waals surface area contributed by atoms with E-state index in [2.05, 4.69) is 4.98 Å². The number of likely N-dealkylation sites (tertiary alicyclic amines) is 1. The number of nitrogens with zero attached hydrogens (tertiary/aromatic N) is 3. The van der Waals surface area contributed by atoms with Gasteiger partial charge in [0.25, 0.3) is 0 Å². The maximum Gasteiger partial charge on any atom is 0.224 e. The van der Waals surface area contributed by atoms with Crippen molar-refractivity contribution in [1.82, 2.24) is 9.88 Å². The van der Waals surface area contributed by atoms with Crippen LogP contribution < -0.4 is 4.90 Å². The van der Waals surface area contributed by atoms with Gasteiger partial charge < -0.3 is 9.80 Å². The molecule has 3 aromatic rings. The summed E-state index contributed by atoms with van der Waals surface area (Å²) < 4.78 is 27.1. The first kappa shape index (κ1) is 21.9. The second-order valence-corrected chi connectivity index (χ2v) is 8.26. The molecule has 6 heteroatoms. The van der Waals surface area contributed by atoms with Crippen LogP contribution in [0.5, 0.6) is 0 Å². The molecule has 1 saturated heterocycles. The molecule has 0 unspecified atom stereocenters. The quantitative estimate of drug-likeness (QED) is 0.516. The molecule has 1 aliphatic heterocycles. The summed E-state index contributed by atoms with van der Waals surface area (Å²) in [5.74, 6) is -0.465. The van der Waals surface area contributed by atoms with Crippen LogP contribution in [0.15, 0.2) is 66.9 Å². The number of rotatable bonds is 7. The maximum atomic E-state index is 14.0. The number of carbonyl (C=O) groups is 1. The topological polar surface area (TPSA) is 36.4 Å². The van der Waals surface area contributed by atoms with Gasteiger partial charge in [0.15, 0.2) is 0 Å². The molecule has 0 N–H and O–H groups in total. The highest BCUT2D eigenvalue weighted by atomic mass is 19.1. The lowest BCUT2D eigenvalue weighted by Gasteiger charge is -2.26. The van der Waals surface area contributed by atoms with E-state index in [1.165, 1.54) is 18.2 Å². The van der Waals surface area contributed by atoms with E-state index < -0.39 is 0 Å². The molecule has 2 heterocycles. The van der Waals surface area contributed by atoms with Gasteiger partial charge in [0.2, 0.25) is 5.91 Å². The summed E-state index contributed by atoms with van der Waals surface area (Å²) in [6.07, 6.45) is 4.68. The van der Waals surface area contributed by atoms with Gasteiger partial charge in [-0.25, -0.2) is 8.78 Å². The van der Waals surface area contributed by atoms with E-state index in [1.54, 1.807) is 42.3 Å². The van der Waals surface area contributed by atoms with Gasteiger partial charge in [-0.1, -0.05) is 30.3 Å². The molecule has 166 valence electrons. The van der Waals surface area contributed by atoms with Crippen LogP contribution in [0, 0.1) is 11.6 Å². The number of para-hydroxylation sites is 1. The first-order valence-corrected chi connectivity index (χ1v) is 11.0. The molecule has 1 aliphatic rings. The van der Waals surface area contributed by atoms with Crippen molar-refractivity contribution in [3.05, 3.63) is 95.3 Å². The van der Waals surface area contributed by atoms with Crippen molar-refractivity contribution in [2.75, 3.05) is 25.0 Å². The van der Waals surface area contributed by atoms with E-state index in [0.717, 1.165) is 29.7 Å². The summed E-state index contributed by atoms with van der Waals surface area (Å²) in [4.78, 5) is 21.2. The van der Waals surface area contributed by atoms with Gasteiger partial charge in [-0.15, -0.1) is 0 Å². The Hall–Kier alpha value is -3.28. The molecule has 1 fully saturated rings. The fourth-order valence-corrected chi connectivity index (χ4v) is 4.24. The molecule has 0 spiro atoms. The zero-order valence-corrected chi connectivity index (χ0v) is 18.2. The first-order chi connectivity index (χ1) is 15.5. The summed E-state index contributed by atoms with van der Waals surface area (Å²) in [6, 6.07) is 17.1. The number of aromatic nitrogens is 1. The van der Waals surface area contributed by atoms with Gasteiger partial charge >= 0.3 is 0 Å². The van der Waals surface area contributed by atoms with E-state index in [-0.39, 0.29) is 23.6 Å². The number of anilines is 1. The fourth-order valence-electron chi connectivity index (χ4n) is 4.24. The van der Waals surface area contributed by atoms with E-state index in [1.807, 2.05) is 23.2 Å². The molecule has 0 aliphatic carbocycles. The van der Waals surface area contributed by atoms with E-state index in [4.69, 9.17) is 0 Å². The Kier molecular flexibility index (Phi) is 6.78. The Labute approximate surface area is 187 Å². The highest BCUT2D eigenvalue weighted by molar-refractivity contribution is 5.77. The van der Waals surface area contributed by atoms with Crippen LogP contribution in [0.1, 0.15) is 42.1 Å². The maximum absolute atomic E-state index is 14.0. The minimum atomic E-state index is -0.286. The van der Waals surface area contributed by atoms with Crippen molar-refractivity contribution in [3.63, 3.8) is 0 Å². The highest BCUT2D eigenvalue weighted by Gasteiger charge is 2.30. The second-order valence-electron chi connectivity index (χ2n) is 8.26. The number of pyridine rings is 1. The Morgan fingerprint density at radius 1 is 1.06 bits per heavy atom. The third-order valence-corrected chi connectivity index (χ3v) is 6.01. The molecule has 1 atom stereocenters. The number of hydrogen-bond acceptors (Lipinski definition) is 3. The first-order valence-electron chi connectivity index (χ1n) is 11.0. The van der Waals surface area contributed by atoms with Crippen LogP contribution in [0.25, 0.3) is 0 Å². The lowest BCUT2D eigenvalue weighted by molar-refractivity contribution is -0.132. The molecule has 4 rings (SSSR count). The lowest BCUT2D eigenvalue weighted by Crippen LogP contribution is -2.33.